The maximum atomic E-state index is 5.44. The van der Waals surface area contributed by atoms with Crippen molar-refractivity contribution in [1.82, 2.24) is 19.7 Å². The van der Waals surface area contributed by atoms with Gasteiger partial charge in [-0.2, -0.15) is 4.98 Å². The predicted octanol–water partition coefficient (Wildman–Crippen LogP) is 4.46. The molecular weight excluding hydrogens is 324 g/mol. The van der Waals surface area contributed by atoms with Gasteiger partial charge in [0.15, 0.2) is 5.82 Å². The van der Waals surface area contributed by atoms with Crippen molar-refractivity contribution in [3.63, 3.8) is 0 Å². The van der Waals surface area contributed by atoms with Crippen LogP contribution < -0.4 is 0 Å². The van der Waals surface area contributed by atoms with Crippen molar-refractivity contribution >= 4 is 23.6 Å². The molecule has 23 heavy (non-hydrogen) atoms. The third kappa shape index (κ3) is 3.02. The molecule has 1 aliphatic heterocycles. The van der Waals surface area contributed by atoms with Crippen molar-refractivity contribution in [2.45, 2.75) is 25.6 Å². The monoisotopic (exact) mass is 342 g/mol. The first-order valence-electron chi connectivity index (χ1n) is 7.81. The van der Waals surface area contributed by atoms with Gasteiger partial charge in [-0.3, -0.25) is 10.00 Å². The average molecular weight is 342 g/mol. The quantitative estimate of drug-likeness (QED) is 0.711. The number of likely N-dealkylation sites (tertiary alicyclic amines) is 1. The average Bonchev–Trinajstić information content (AvgIpc) is 3.30. The molecule has 1 aliphatic rings. The third-order valence-corrected chi connectivity index (χ3v) is 5.57. The second-order valence-electron chi connectivity index (χ2n) is 5.78. The molecule has 3 heterocycles. The normalized spacial score (nSPS) is 18.5. The number of rotatable bonds is 4. The molecular formula is C17H18N4S2. The lowest BCUT2D eigenvalue weighted by Gasteiger charge is -2.23. The van der Waals surface area contributed by atoms with Crippen molar-refractivity contribution < 1.29 is 0 Å². The van der Waals surface area contributed by atoms with E-state index in [1.165, 1.54) is 17.7 Å². The Hall–Kier alpha value is -1.76. The first-order valence-corrected chi connectivity index (χ1v) is 9.10. The van der Waals surface area contributed by atoms with Crippen LogP contribution in [-0.4, -0.2) is 26.2 Å². The molecule has 6 heteroatoms. The summed E-state index contributed by atoms with van der Waals surface area (Å²) in [4.78, 5) is 8.43. The van der Waals surface area contributed by atoms with E-state index in [0.717, 1.165) is 24.6 Å². The van der Waals surface area contributed by atoms with E-state index in [-0.39, 0.29) is 0 Å². The minimum absolute atomic E-state index is 0.500. The summed E-state index contributed by atoms with van der Waals surface area (Å²) in [5, 5.41) is 5.51. The minimum atomic E-state index is 0.500. The molecule has 0 saturated carbocycles. The molecule has 0 aliphatic carbocycles. The Morgan fingerprint density at radius 3 is 2.87 bits per heavy atom. The Bertz CT molecular complexity index is 820. The molecule has 0 amide bonds. The molecule has 1 fully saturated rings. The highest BCUT2D eigenvalue weighted by molar-refractivity contribution is 7.71. The van der Waals surface area contributed by atoms with Crippen LogP contribution in [0, 0.1) is 4.77 Å². The van der Waals surface area contributed by atoms with Crippen LogP contribution >= 0.6 is 23.6 Å². The van der Waals surface area contributed by atoms with E-state index < -0.39 is 0 Å². The highest BCUT2D eigenvalue weighted by Crippen LogP contribution is 2.34. The number of aromatic nitrogens is 3. The Morgan fingerprint density at radius 2 is 2.09 bits per heavy atom. The molecule has 4 nitrogen and oxygen atoms in total. The van der Waals surface area contributed by atoms with Crippen LogP contribution in [0.2, 0.25) is 0 Å². The Labute approximate surface area is 144 Å². The second-order valence-corrected chi connectivity index (χ2v) is 7.12. The van der Waals surface area contributed by atoms with E-state index in [1.807, 2.05) is 46.4 Å². The topological polar surface area (TPSA) is 36.9 Å². The summed E-state index contributed by atoms with van der Waals surface area (Å²) < 4.78 is 2.59. The fourth-order valence-electron chi connectivity index (χ4n) is 3.16. The number of thiophene rings is 1. The summed E-state index contributed by atoms with van der Waals surface area (Å²) in [5.74, 6) is 0.836. The number of hydrogen-bond acceptors (Lipinski definition) is 4. The van der Waals surface area contributed by atoms with Crippen LogP contribution in [0.5, 0.6) is 0 Å². The van der Waals surface area contributed by atoms with E-state index in [1.54, 1.807) is 0 Å². The van der Waals surface area contributed by atoms with Gasteiger partial charge in [-0.25, -0.2) is 4.68 Å². The molecule has 0 unspecified atom stereocenters. The second kappa shape index (κ2) is 6.39. The zero-order chi connectivity index (χ0) is 15.6. The molecule has 0 radical (unpaired) electrons. The van der Waals surface area contributed by atoms with Crippen LogP contribution in [0.1, 0.15) is 23.8 Å². The SMILES string of the molecule is S=c1nc(-c2ccccc2)[nH]n1CN1CCC[C@@H]1c1cccs1. The van der Waals surface area contributed by atoms with Gasteiger partial charge >= 0.3 is 0 Å². The van der Waals surface area contributed by atoms with E-state index in [0.29, 0.717) is 10.8 Å². The van der Waals surface area contributed by atoms with Gasteiger partial charge in [-0.05, 0) is 36.5 Å². The van der Waals surface area contributed by atoms with Crippen molar-refractivity contribution in [3.05, 3.63) is 57.5 Å². The van der Waals surface area contributed by atoms with Crippen molar-refractivity contribution in [3.8, 4) is 11.4 Å². The summed E-state index contributed by atoms with van der Waals surface area (Å²) >= 11 is 7.28. The van der Waals surface area contributed by atoms with Gasteiger partial charge in [0.05, 0.1) is 6.67 Å². The molecule has 1 aromatic carbocycles. The van der Waals surface area contributed by atoms with E-state index in [2.05, 4.69) is 32.5 Å². The lowest BCUT2D eigenvalue weighted by atomic mass is 10.2. The summed E-state index contributed by atoms with van der Waals surface area (Å²) in [6.07, 6.45) is 2.45. The fraction of sp³-hybridized carbons (Fsp3) is 0.294. The van der Waals surface area contributed by atoms with Gasteiger partial charge in [-0.1, -0.05) is 36.4 Å². The Balaban J connectivity index is 1.57. The third-order valence-electron chi connectivity index (χ3n) is 4.28. The van der Waals surface area contributed by atoms with Crippen LogP contribution in [-0.2, 0) is 6.67 Å². The molecule has 3 aromatic rings. The smallest absolute Gasteiger partial charge is 0.217 e. The Kier molecular flexibility index (Phi) is 4.11. The molecule has 118 valence electrons. The summed E-state index contributed by atoms with van der Waals surface area (Å²) in [6.45, 7) is 1.87. The number of nitrogens with zero attached hydrogens (tertiary/aromatic N) is 3. The first kappa shape index (κ1) is 14.8. The zero-order valence-corrected chi connectivity index (χ0v) is 14.3. The summed E-state index contributed by atoms with van der Waals surface area (Å²) in [7, 11) is 0. The van der Waals surface area contributed by atoms with Crippen LogP contribution in [0.3, 0.4) is 0 Å². The van der Waals surface area contributed by atoms with Gasteiger partial charge in [0.25, 0.3) is 0 Å². The van der Waals surface area contributed by atoms with Crippen LogP contribution in [0.15, 0.2) is 47.8 Å². The number of nitrogens with one attached hydrogen (secondary N) is 1. The molecule has 1 N–H and O–H groups in total. The molecule has 1 saturated heterocycles. The van der Waals surface area contributed by atoms with Gasteiger partial charge in [0.1, 0.15) is 0 Å². The van der Waals surface area contributed by atoms with E-state index >= 15 is 0 Å². The van der Waals surface area contributed by atoms with Gasteiger partial charge in [0.2, 0.25) is 4.77 Å². The fourth-order valence-corrected chi connectivity index (χ4v) is 4.25. The van der Waals surface area contributed by atoms with Crippen molar-refractivity contribution in [2.24, 2.45) is 0 Å². The molecule has 0 bridgehead atoms. The lowest BCUT2D eigenvalue weighted by molar-refractivity contribution is 0.192. The van der Waals surface area contributed by atoms with Crippen LogP contribution in [0.25, 0.3) is 11.4 Å². The first-order chi connectivity index (χ1) is 11.3. The Morgan fingerprint density at radius 1 is 1.22 bits per heavy atom. The number of hydrogen-bond donors (Lipinski definition) is 1. The highest BCUT2D eigenvalue weighted by atomic mass is 32.1. The largest absolute Gasteiger partial charge is 0.278 e. The molecule has 2 aromatic heterocycles. The predicted molar refractivity (Wildman–Crippen MR) is 95.8 cm³/mol. The van der Waals surface area contributed by atoms with Gasteiger partial charge in [0, 0.05) is 23.0 Å². The van der Waals surface area contributed by atoms with E-state index in [4.69, 9.17) is 12.2 Å². The number of H-pyrrole nitrogens is 1. The van der Waals surface area contributed by atoms with Gasteiger partial charge in [-0.15, -0.1) is 11.3 Å². The minimum Gasteiger partial charge on any atom is -0.278 e. The van der Waals surface area contributed by atoms with Gasteiger partial charge < -0.3 is 0 Å². The number of aromatic amines is 1. The molecule has 4 rings (SSSR count). The van der Waals surface area contributed by atoms with E-state index in [9.17, 15) is 0 Å². The highest BCUT2D eigenvalue weighted by Gasteiger charge is 2.27. The number of benzene rings is 1. The summed E-state index contributed by atoms with van der Waals surface area (Å²) in [5.41, 5.74) is 1.06. The standard InChI is InChI=1S/C17H18N4S2/c22-17-18-16(13-6-2-1-3-7-13)19-21(17)12-20-10-4-8-14(20)15-9-5-11-23-15/h1-3,5-7,9,11,14H,4,8,10,12H2,(H,18,19,22)/t14-/m1/s1. The lowest BCUT2D eigenvalue weighted by Crippen LogP contribution is -2.26. The van der Waals surface area contributed by atoms with Crippen molar-refractivity contribution in [2.75, 3.05) is 6.54 Å². The maximum absolute atomic E-state index is 5.44. The zero-order valence-electron chi connectivity index (χ0n) is 12.7. The summed E-state index contributed by atoms with van der Waals surface area (Å²) in [6, 6.07) is 15.0. The van der Waals surface area contributed by atoms with Crippen LogP contribution in [0.4, 0.5) is 0 Å². The maximum Gasteiger partial charge on any atom is 0.217 e. The van der Waals surface area contributed by atoms with Crippen molar-refractivity contribution in [1.29, 1.82) is 0 Å². The molecule has 0 spiro atoms. The molecule has 1 atom stereocenters.